The second-order valence-corrected chi connectivity index (χ2v) is 9.45. The summed E-state index contributed by atoms with van der Waals surface area (Å²) in [6, 6.07) is 9.47. The Morgan fingerprint density at radius 3 is 2.48 bits per heavy atom. The minimum absolute atomic E-state index is 0.249. The normalized spacial score (nSPS) is 17.5. The minimum atomic E-state index is -0.313. The topological polar surface area (TPSA) is 35.6 Å². The lowest BCUT2D eigenvalue weighted by atomic mass is 9.74. The summed E-state index contributed by atoms with van der Waals surface area (Å²) >= 11 is 12.5. The number of anilines is 2. The van der Waals surface area contributed by atoms with E-state index < -0.39 is 0 Å². The van der Waals surface area contributed by atoms with Gasteiger partial charge in [0.1, 0.15) is 5.82 Å². The van der Waals surface area contributed by atoms with Crippen LogP contribution in [0.5, 0.6) is 0 Å². The first-order chi connectivity index (χ1) is 14.8. The van der Waals surface area contributed by atoms with Gasteiger partial charge in [-0.2, -0.15) is 0 Å². The van der Waals surface area contributed by atoms with Crippen LogP contribution in [0, 0.1) is 5.82 Å². The van der Waals surface area contributed by atoms with Gasteiger partial charge >= 0.3 is 6.03 Å². The van der Waals surface area contributed by atoms with Crippen molar-refractivity contribution in [1.82, 2.24) is 4.90 Å². The number of halogens is 3. The molecule has 2 aliphatic rings. The van der Waals surface area contributed by atoms with Gasteiger partial charge < -0.3 is 5.32 Å². The van der Waals surface area contributed by atoms with E-state index in [2.05, 4.69) is 30.1 Å². The average Bonchev–Trinajstić information content (AvgIpc) is 3.04. The maximum atomic E-state index is 14.2. The number of carbonyl (C=O) groups is 1. The summed E-state index contributed by atoms with van der Waals surface area (Å²) in [7, 11) is 0. The van der Waals surface area contributed by atoms with Crippen molar-refractivity contribution in [1.29, 1.82) is 0 Å². The Morgan fingerprint density at radius 2 is 1.84 bits per heavy atom. The molecule has 0 aliphatic carbocycles. The molecule has 2 aromatic carbocycles. The first kappa shape index (κ1) is 22.1. The predicted molar refractivity (Wildman–Crippen MR) is 126 cm³/mol. The van der Waals surface area contributed by atoms with Gasteiger partial charge in [-0.1, -0.05) is 40.9 Å². The third kappa shape index (κ3) is 4.45. The molecule has 0 bridgehead atoms. The summed E-state index contributed by atoms with van der Waals surface area (Å²) in [6.45, 7) is 7.45. The monoisotopic (exact) mass is 461 g/mol. The number of nitrogens with zero attached hydrogens (tertiary/aromatic N) is 2. The number of benzene rings is 2. The Bertz CT molecular complexity index is 1010. The highest BCUT2D eigenvalue weighted by Crippen LogP contribution is 2.47. The van der Waals surface area contributed by atoms with E-state index in [0.717, 1.165) is 43.7 Å². The molecular weight excluding hydrogens is 436 g/mol. The molecule has 0 atom stereocenters. The third-order valence-corrected chi connectivity index (χ3v) is 6.92. The fourth-order valence-corrected chi connectivity index (χ4v) is 5.01. The van der Waals surface area contributed by atoms with Crippen LogP contribution in [0.2, 0.25) is 10.0 Å². The van der Waals surface area contributed by atoms with E-state index in [0.29, 0.717) is 22.3 Å². The van der Waals surface area contributed by atoms with E-state index in [1.165, 1.54) is 11.6 Å². The summed E-state index contributed by atoms with van der Waals surface area (Å²) in [6.07, 6.45) is 3.97. The van der Waals surface area contributed by atoms with Gasteiger partial charge in [0, 0.05) is 24.2 Å². The van der Waals surface area contributed by atoms with Gasteiger partial charge in [0.2, 0.25) is 0 Å². The zero-order chi connectivity index (χ0) is 22.2. The smallest absolute Gasteiger partial charge is 0.305 e. The number of amides is 2. The molecule has 1 spiro atoms. The van der Waals surface area contributed by atoms with Gasteiger partial charge in [-0.3, -0.25) is 9.80 Å². The molecule has 0 aromatic heterocycles. The molecule has 164 valence electrons. The number of carbonyl (C=O) groups excluding carboxylic acids is 1. The van der Waals surface area contributed by atoms with E-state index in [4.69, 9.17) is 23.2 Å². The molecule has 2 amide bonds. The highest BCUT2D eigenvalue weighted by Gasteiger charge is 2.46. The van der Waals surface area contributed by atoms with Crippen LogP contribution in [0.1, 0.15) is 32.3 Å². The summed E-state index contributed by atoms with van der Waals surface area (Å²) in [4.78, 5) is 17.3. The van der Waals surface area contributed by atoms with Crippen LogP contribution in [0.25, 0.3) is 0 Å². The van der Waals surface area contributed by atoms with Crippen LogP contribution >= 0.6 is 23.2 Å². The van der Waals surface area contributed by atoms with Crippen molar-refractivity contribution >= 4 is 40.6 Å². The first-order valence-corrected chi connectivity index (χ1v) is 11.2. The maximum Gasteiger partial charge on any atom is 0.326 e. The second-order valence-electron chi connectivity index (χ2n) is 8.64. The lowest BCUT2D eigenvalue weighted by Crippen LogP contribution is -2.46. The largest absolute Gasteiger partial charge is 0.326 e. The van der Waals surface area contributed by atoms with Crippen molar-refractivity contribution in [2.45, 2.75) is 32.1 Å². The van der Waals surface area contributed by atoms with Crippen molar-refractivity contribution in [3.05, 3.63) is 69.5 Å². The number of hydrogen-bond acceptors (Lipinski definition) is 2. The molecule has 2 aliphatic heterocycles. The number of hydrogen-bond donors (Lipinski definition) is 1. The Balaban J connectivity index is 1.58. The Labute approximate surface area is 192 Å². The molecule has 31 heavy (non-hydrogen) atoms. The summed E-state index contributed by atoms with van der Waals surface area (Å²) < 4.78 is 14.2. The lowest BCUT2D eigenvalue weighted by Gasteiger charge is -2.39. The number of fused-ring (bicyclic) bond motifs is 2. The van der Waals surface area contributed by atoms with Crippen molar-refractivity contribution in [3.8, 4) is 0 Å². The fourth-order valence-electron chi connectivity index (χ4n) is 4.52. The summed E-state index contributed by atoms with van der Waals surface area (Å²) in [5.41, 5.74) is 3.10. The lowest BCUT2D eigenvalue weighted by molar-refractivity contribution is 0.180. The van der Waals surface area contributed by atoms with Crippen molar-refractivity contribution < 1.29 is 9.18 Å². The van der Waals surface area contributed by atoms with Gasteiger partial charge in [0.05, 0.1) is 15.7 Å². The van der Waals surface area contributed by atoms with Gasteiger partial charge in [-0.25, -0.2) is 9.18 Å². The van der Waals surface area contributed by atoms with Crippen molar-refractivity contribution in [2.24, 2.45) is 0 Å². The van der Waals surface area contributed by atoms with Gasteiger partial charge in [-0.15, -0.1) is 0 Å². The molecular formula is C24H26Cl2FN3O. The quantitative estimate of drug-likeness (QED) is 0.530. The van der Waals surface area contributed by atoms with Gasteiger partial charge in [0.25, 0.3) is 0 Å². The van der Waals surface area contributed by atoms with Gasteiger partial charge in [0.15, 0.2) is 0 Å². The fraction of sp³-hybridized carbons (Fsp3) is 0.375. The third-order valence-electron chi connectivity index (χ3n) is 6.29. The SMILES string of the molecule is CC(C)=CCN1CCC2(CC1)CN(C(=O)Nc1c(Cl)cccc1Cl)c1ccc(F)cc12. The molecule has 1 saturated heterocycles. The number of rotatable bonds is 3. The molecule has 4 nitrogen and oxygen atoms in total. The average molecular weight is 462 g/mol. The molecule has 0 unspecified atom stereocenters. The zero-order valence-electron chi connectivity index (χ0n) is 17.7. The van der Waals surface area contributed by atoms with Crippen LogP contribution in [0.3, 0.4) is 0 Å². The first-order valence-electron chi connectivity index (χ1n) is 10.5. The number of piperidine rings is 1. The van der Waals surface area contributed by atoms with Crippen molar-refractivity contribution in [3.63, 3.8) is 0 Å². The van der Waals surface area contributed by atoms with E-state index in [9.17, 15) is 9.18 Å². The number of para-hydroxylation sites is 1. The van der Waals surface area contributed by atoms with E-state index in [-0.39, 0.29) is 17.3 Å². The Kier molecular flexibility index (Phi) is 6.29. The zero-order valence-corrected chi connectivity index (χ0v) is 19.2. The molecule has 0 radical (unpaired) electrons. The number of urea groups is 1. The number of allylic oxidation sites excluding steroid dienone is 1. The van der Waals surface area contributed by atoms with Crippen molar-refractivity contribution in [2.75, 3.05) is 36.4 Å². The Hall–Kier alpha value is -2.08. The maximum absolute atomic E-state index is 14.2. The van der Waals surface area contributed by atoms with Gasteiger partial charge in [-0.05, 0) is 75.7 Å². The molecule has 2 heterocycles. The number of likely N-dealkylation sites (tertiary alicyclic amines) is 1. The summed E-state index contributed by atoms with van der Waals surface area (Å²) in [5.74, 6) is -0.276. The van der Waals surface area contributed by atoms with Crippen LogP contribution in [-0.4, -0.2) is 37.1 Å². The van der Waals surface area contributed by atoms with E-state index >= 15 is 0 Å². The molecule has 4 rings (SSSR count). The minimum Gasteiger partial charge on any atom is -0.305 e. The standard InChI is InChI=1S/C24H26Cl2FN3O/c1-16(2)8-11-29-12-9-24(10-13-29)15-30(21-7-6-17(27)14-18(21)24)23(31)28-22-19(25)4-3-5-20(22)26/h3-8,14H,9-13,15H2,1-2H3,(H,28,31). The van der Waals surface area contributed by atoms with E-state index in [1.807, 2.05) is 0 Å². The van der Waals surface area contributed by atoms with Crippen LogP contribution < -0.4 is 10.2 Å². The molecule has 1 N–H and O–H groups in total. The Morgan fingerprint density at radius 1 is 1.16 bits per heavy atom. The predicted octanol–water partition coefficient (Wildman–Crippen LogP) is 6.48. The van der Waals surface area contributed by atoms with Crippen LogP contribution in [0.15, 0.2) is 48.0 Å². The van der Waals surface area contributed by atoms with E-state index in [1.54, 1.807) is 35.2 Å². The molecule has 2 aromatic rings. The van der Waals surface area contributed by atoms with Crippen LogP contribution in [0.4, 0.5) is 20.6 Å². The molecule has 0 saturated carbocycles. The number of nitrogens with one attached hydrogen (secondary N) is 1. The highest BCUT2D eigenvalue weighted by molar-refractivity contribution is 6.39. The molecule has 1 fully saturated rings. The second kappa shape index (κ2) is 8.81. The molecule has 7 heteroatoms. The highest BCUT2D eigenvalue weighted by atomic mass is 35.5. The van der Waals surface area contributed by atoms with Crippen LogP contribution in [-0.2, 0) is 5.41 Å². The summed E-state index contributed by atoms with van der Waals surface area (Å²) in [5, 5.41) is 3.60.